The normalized spacial score (nSPS) is 10.9. The molecule has 0 aliphatic carbocycles. The first-order valence-electron chi connectivity index (χ1n) is 5.43. The molecule has 0 radical (unpaired) electrons. The van der Waals surface area contributed by atoms with Crippen molar-refractivity contribution in [2.24, 2.45) is 0 Å². The van der Waals surface area contributed by atoms with Crippen LogP contribution in [0.25, 0.3) is 11.0 Å². The number of nitrogens with zero attached hydrogens (tertiary/aromatic N) is 1. The Balaban J connectivity index is 1.86. The third kappa shape index (κ3) is 1.91. The predicted molar refractivity (Wildman–Crippen MR) is 70.4 cm³/mol. The Kier molecular flexibility index (Phi) is 2.57. The summed E-state index contributed by atoms with van der Waals surface area (Å²) < 4.78 is 5.34. The van der Waals surface area contributed by atoms with E-state index in [1.54, 1.807) is 23.8 Å². The van der Waals surface area contributed by atoms with Crippen LogP contribution in [0.1, 0.15) is 10.4 Å². The van der Waals surface area contributed by atoms with Gasteiger partial charge >= 0.3 is 0 Å². The van der Waals surface area contributed by atoms with Gasteiger partial charge in [0.05, 0.1) is 18.2 Å². The minimum Gasteiger partial charge on any atom is -0.464 e. The average molecular weight is 244 g/mol. The van der Waals surface area contributed by atoms with E-state index < -0.39 is 0 Å². The van der Waals surface area contributed by atoms with E-state index >= 15 is 0 Å². The number of nitrogens with one attached hydrogen (secondary N) is 1. The molecule has 1 N–H and O–H groups in total. The highest BCUT2D eigenvalue weighted by Gasteiger charge is 2.05. The van der Waals surface area contributed by atoms with Crippen molar-refractivity contribution < 1.29 is 4.42 Å². The summed E-state index contributed by atoms with van der Waals surface area (Å²) in [7, 11) is 0. The zero-order valence-corrected chi connectivity index (χ0v) is 10.3. The van der Waals surface area contributed by atoms with Crippen molar-refractivity contribution >= 4 is 28.1 Å². The van der Waals surface area contributed by atoms with E-state index in [0.29, 0.717) is 0 Å². The minimum absolute atomic E-state index is 0.806. The molecule has 0 bridgehead atoms. The van der Waals surface area contributed by atoms with Gasteiger partial charge in [0, 0.05) is 11.1 Å². The van der Waals surface area contributed by atoms with E-state index in [2.05, 4.69) is 28.7 Å². The maximum Gasteiger partial charge on any atom is 0.139 e. The van der Waals surface area contributed by atoms with Gasteiger partial charge in [-0.1, -0.05) is 0 Å². The fourth-order valence-corrected chi connectivity index (χ4v) is 2.63. The van der Waals surface area contributed by atoms with E-state index in [0.717, 1.165) is 23.3 Å². The van der Waals surface area contributed by atoms with E-state index in [-0.39, 0.29) is 0 Å². The van der Waals surface area contributed by atoms with Crippen molar-refractivity contribution in [2.45, 2.75) is 13.5 Å². The largest absolute Gasteiger partial charge is 0.464 e. The minimum atomic E-state index is 0.806. The maximum absolute atomic E-state index is 5.34. The van der Waals surface area contributed by atoms with Crippen molar-refractivity contribution in [3.8, 4) is 0 Å². The second-order valence-electron chi connectivity index (χ2n) is 3.87. The van der Waals surface area contributed by atoms with Crippen molar-refractivity contribution in [1.82, 2.24) is 4.98 Å². The van der Waals surface area contributed by atoms with Gasteiger partial charge in [-0.05, 0) is 36.1 Å². The fourth-order valence-electron chi connectivity index (χ4n) is 1.78. The van der Waals surface area contributed by atoms with Crippen molar-refractivity contribution in [3.05, 3.63) is 46.5 Å². The summed E-state index contributed by atoms with van der Waals surface area (Å²) in [5.41, 5.74) is 2.19. The summed E-state index contributed by atoms with van der Waals surface area (Å²) in [5, 5.41) is 6.49. The first-order chi connectivity index (χ1) is 8.34. The lowest BCUT2D eigenvalue weighted by molar-refractivity contribution is 0.615. The molecule has 3 nitrogen and oxygen atoms in total. The molecule has 0 atom stereocenters. The van der Waals surface area contributed by atoms with Crippen LogP contribution in [0.3, 0.4) is 0 Å². The molecule has 4 heteroatoms. The number of thiophene rings is 1. The summed E-state index contributed by atoms with van der Waals surface area (Å²) in [6.45, 7) is 2.93. The van der Waals surface area contributed by atoms with Crippen LogP contribution in [0, 0.1) is 6.92 Å². The zero-order valence-electron chi connectivity index (χ0n) is 9.43. The second-order valence-corrected chi connectivity index (χ2v) is 4.87. The van der Waals surface area contributed by atoms with Gasteiger partial charge in [0.25, 0.3) is 0 Å². The third-order valence-corrected chi connectivity index (χ3v) is 3.79. The quantitative estimate of drug-likeness (QED) is 0.761. The van der Waals surface area contributed by atoms with E-state index in [9.17, 15) is 0 Å². The molecule has 0 saturated heterocycles. The molecule has 17 heavy (non-hydrogen) atoms. The van der Waals surface area contributed by atoms with Crippen LogP contribution in [0.4, 0.5) is 5.82 Å². The SMILES string of the molecule is Cc1ccsc1CNc1nccc2occc12. The molecular weight excluding hydrogens is 232 g/mol. The molecular formula is C13H12N2OS. The molecule has 0 aromatic carbocycles. The number of aromatic nitrogens is 1. The lowest BCUT2D eigenvalue weighted by Crippen LogP contribution is -2.00. The number of furan rings is 1. The zero-order chi connectivity index (χ0) is 11.7. The lowest BCUT2D eigenvalue weighted by atomic mass is 10.3. The molecule has 0 saturated carbocycles. The van der Waals surface area contributed by atoms with Gasteiger partial charge in [0.2, 0.25) is 0 Å². The van der Waals surface area contributed by atoms with Crippen LogP contribution in [0.15, 0.2) is 40.5 Å². The van der Waals surface area contributed by atoms with Gasteiger partial charge in [-0.15, -0.1) is 11.3 Å². The van der Waals surface area contributed by atoms with Gasteiger partial charge in [-0.25, -0.2) is 4.98 Å². The van der Waals surface area contributed by atoms with Crippen molar-refractivity contribution in [1.29, 1.82) is 0 Å². The van der Waals surface area contributed by atoms with Crippen LogP contribution in [0.5, 0.6) is 0 Å². The van der Waals surface area contributed by atoms with Gasteiger partial charge < -0.3 is 9.73 Å². The number of anilines is 1. The first kappa shape index (κ1) is 10.4. The number of aryl methyl sites for hydroxylation is 1. The molecule has 0 spiro atoms. The highest BCUT2D eigenvalue weighted by atomic mass is 32.1. The summed E-state index contributed by atoms with van der Waals surface area (Å²) in [6.07, 6.45) is 3.45. The molecule has 0 fully saturated rings. The Bertz CT molecular complexity index is 641. The van der Waals surface area contributed by atoms with Crippen LogP contribution in [-0.4, -0.2) is 4.98 Å². The van der Waals surface area contributed by atoms with E-state index in [4.69, 9.17) is 4.42 Å². The Labute approximate surface area is 103 Å². The summed E-state index contributed by atoms with van der Waals surface area (Å²) in [6, 6.07) is 5.94. The summed E-state index contributed by atoms with van der Waals surface area (Å²) in [4.78, 5) is 5.68. The fraction of sp³-hybridized carbons (Fsp3) is 0.154. The Hall–Kier alpha value is -1.81. The summed E-state index contributed by atoms with van der Waals surface area (Å²) in [5.74, 6) is 0.879. The van der Waals surface area contributed by atoms with Crippen molar-refractivity contribution in [3.63, 3.8) is 0 Å². The molecule has 0 unspecified atom stereocenters. The van der Waals surface area contributed by atoms with E-state index in [1.807, 2.05) is 12.1 Å². The van der Waals surface area contributed by atoms with Crippen molar-refractivity contribution in [2.75, 3.05) is 5.32 Å². The van der Waals surface area contributed by atoms with Gasteiger partial charge in [-0.3, -0.25) is 0 Å². The summed E-state index contributed by atoms with van der Waals surface area (Å²) >= 11 is 1.76. The first-order valence-corrected chi connectivity index (χ1v) is 6.31. The predicted octanol–water partition coefficient (Wildman–Crippen LogP) is 3.81. The monoisotopic (exact) mass is 244 g/mol. The van der Waals surface area contributed by atoms with Crippen LogP contribution < -0.4 is 5.32 Å². The number of hydrogen-bond acceptors (Lipinski definition) is 4. The Morgan fingerprint density at radius 3 is 3.12 bits per heavy atom. The molecule has 0 amide bonds. The Morgan fingerprint density at radius 2 is 2.29 bits per heavy atom. The molecule has 3 rings (SSSR count). The van der Waals surface area contributed by atoms with Gasteiger partial charge in [-0.2, -0.15) is 0 Å². The number of hydrogen-bond donors (Lipinski definition) is 1. The van der Waals surface area contributed by atoms with Gasteiger partial charge in [0.1, 0.15) is 11.4 Å². The number of pyridine rings is 1. The van der Waals surface area contributed by atoms with Crippen LogP contribution in [0.2, 0.25) is 0 Å². The van der Waals surface area contributed by atoms with Gasteiger partial charge in [0.15, 0.2) is 0 Å². The highest BCUT2D eigenvalue weighted by molar-refractivity contribution is 7.10. The molecule has 86 valence electrons. The molecule has 3 aromatic heterocycles. The maximum atomic E-state index is 5.34. The highest BCUT2D eigenvalue weighted by Crippen LogP contribution is 2.23. The van der Waals surface area contributed by atoms with E-state index in [1.165, 1.54) is 10.4 Å². The Morgan fingerprint density at radius 1 is 1.35 bits per heavy atom. The second kappa shape index (κ2) is 4.22. The van der Waals surface area contributed by atoms with Crippen LogP contribution >= 0.6 is 11.3 Å². The third-order valence-electron chi connectivity index (χ3n) is 2.76. The molecule has 3 aromatic rings. The number of rotatable bonds is 3. The number of fused-ring (bicyclic) bond motifs is 1. The molecule has 3 heterocycles. The molecule has 0 aliphatic heterocycles. The topological polar surface area (TPSA) is 38.1 Å². The standard InChI is InChI=1S/C13H12N2OS/c1-9-4-7-17-12(9)8-15-13-10-3-6-16-11(10)2-5-14-13/h2-7H,8H2,1H3,(H,14,15). The van der Waals surface area contributed by atoms with Crippen LogP contribution in [-0.2, 0) is 6.54 Å². The smallest absolute Gasteiger partial charge is 0.139 e. The lowest BCUT2D eigenvalue weighted by Gasteiger charge is -2.05. The average Bonchev–Trinajstić information content (AvgIpc) is 2.95. The molecule has 0 aliphatic rings.